The summed E-state index contributed by atoms with van der Waals surface area (Å²) in [6, 6.07) is 0. The second kappa shape index (κ2) is 12.3. The molecule has 0 unspecified atom stereocenters. The van der Waals surface area contributed by atoms with Crippen LogP contribution < -0.4 is 0 Å². The molecule has 0 aromatic carbocycles. The fourth-order valence-electron chi connectivity index (χ4n) is 3.22. The lowest BCUT2D eigenvalue weighted by Gasteiger charge is -2.45. The molecule has 0 spiro atoms. The SMILES string of the molecule is CC(C)(C)OC(=O)N1CCC(COCC#CCO[Si](C)(C)C(C)(C)C)(CO[Si](C)(C)C(C)(C)C)CC1. The van der Waals surface area contributed by atoms with E-state index >= 15 is 0 Å². The smallest absolute Gasteiger partial charge is 0.410 e. The fourth-order valence-corrected chi connectivity index (χ4v) is 5.19. The van der Waals surface area contributed by atoms with E-state index in [0.29, 0.717) is 39.5 Å². The second-order valence-corrected chi connectivity index (χ2v) is 24.0. The molecule has 0 aliphatic carbocycles. The van der Waals surface area contributed by atoms with Gasteiger partial charge in [-0.25, -0.2) is 4.79 Å². The van der Waals surface area contributed by atoms with Crippen LogP contribution in [0.15, 0.2) is 0 Å². The summed E-state index contributed by atoms with van der Waals surface area (Å²) in [4.78, 5) is 14.4. The number of nitrogens with zero attached hydrogens (tertiary/aromatic N) is 1. The van der Waals surface area contributed by atoms with Gasteiger partial charge >= 0.3 is 6.09 Å². The number of rotatable bonds is 8. The monoisotopic (exact) mass is 541 g/mol. The molecule has 0 aromatic rings. The first-order valence-electron chi connectivity index (χ1n) is 13.4. The first-order chi connectivity index (χ1) is 16.1. The number of carbonyl (C=O) groups excluding carboxylic acids is 1. The predicted octanol–water partition coefficient (Wildman–Crippen LogP) is 7.07. The molecule has 1 aliphatic heterocycles. The zero-order valence-electron chi connectivity index (χ0n) is 25.6. The molecule has 1 aliphatic rings. The van der Waals surface area contributed by atoms with Crippen molar-refractivity contribution < 1.29 is 23.1 Å². The molecule has 1 heterocycles. The molecule has 1 fully saturated rings. The highest BCUT2D eigenvalue weighted by molar-refractivity contribution is 6.74. The van der Waals surface area contributed by atoms with Gasteiger partial charge in [0.2, 0.25) is 0 Å². The molecule has 1 rings (SSSR count). The molecular weight excluding hydrogens is 486 g/mol. The summed E-state index contributed by atoms with van der Waals surface area (Å²) in [5.41, 5.74) is -0.625. The highest BCUT2D eigenvalue weighted by Crippen LogP contribution is 2.40. The average molecular weight is 542 g/mol. The third-order valence-electron chi connectivity index (χ3n) is 8.04. The van der Waals surface area contributed by atoms with Crippen LogP contribution in [-0.2, 0) is 18.3 Å². The van der Waals surface area contributed by atoms with E-state index in [4.69, 9.17) is 18.3 Å². The Morgan fingerprint density at radius 2 is 1.25 bits per heavy atom. The van der Waals surface area contributed by atoms with Crippen LogP contribution in [0, 0.1) is 17.3 Å². The van der Waals surface area contributed by atoms with E-state index in [0.717, 1.165) is 12.8 Å². The lowest BCUT2D eigenvalue weighted by atomic mass is 9.80. The number of carbonyl (C=O) groups is 1. The molecule has 0 saturated carbocycles. The maximum atomic E-state index is 12.6. The molecule has 1 saturated heterocycles. The van der Waals surface area contributed by atoms with Crippen molar-refractivity contribution in [2.45, 2.75) is 117 Å². The van der Waals surface area contributed by atoms with Crippen LogP contribution in [0.4, 0.5) is 4.79 Å². The van der Waals surface area contributed by atoms with Crippen LogP contribution in [0.3, 0.4) is 0 Å². The minimum Gasteiger partial charge on any atom is -0.444 e. The van der Waals surface area contributed by atoms with Gasteiger partial charge in [0.05, 0.1) is 13.2 Å². The van der Waals surface area contributed by atoms with E-state index in [1.165, 1.54) is 0 Å². The van der Waals surface area contributed by atoms with Gasteiger partial charge in [-0.2, -0.15) is 0 Å². The Morgan fingerprint density at radius 1 is 0.778 bits per heavy atom. The van der Waals surface area contributed by atoms with Gasteiger partial charge < -0.3 is 23.2 Å². The van der Waals surface area contributed by atoms with Gasteiger partial charge in [0, 0.05) is 25.1 Å². The number of amides is 1. The Labute approximate surface area is 224 Å². The van der Waals surface area contributed by atoms with E-state index in [2.05, 4.69) is 79.6 Å². The summed E-state index contributed by atoms with van der Waals surface area (Å²) >= 11 is 0. The molecular formula is C28H55NO5Si2. The van der Waals surface area contributed by atoms with Gasteiger partial charge in [-0.15, -0.1) is 0 Å². The average Bonchev–Trinajstić information content (AvgIpc) is 2.69. The molecule has 6 nitrogen and oxygen atoms in total. The van der Waals surface area contributed by atoms with E-state index in [1.807, 2.05) is 25.7 Å². The summed E-state index contributed by atoms with van der Waals surface area (Å²) < 4.78 is 24.5. The highest BCUT2D eigenvalue weighted by Gasteiger charge is 2.43. The minimum atomic E-state index is -1.91. The molecule has 1 amide bonds. The topological polar surface area (TPSA) is 57.2 Å². The van der Waals surface area contributed by atoms with Gasteiger partial charge in [-0.05, 0) is 69.9 Å². The Kier molecular flexibility index (Phi) is 11.4. The second-order valence-electron chi connectivity index (χ2n) is 14.4. The quantitative estimate of drug-likeness (QED) is 0.187. The van der Waals surface area contributed by atoms with Crippen molar-refractivity contribution in [2.75, 3.05) is 39.5 Å². The normalized spacial score (nSPS) is 17.4. The minimum absolute atomic E-state index is 0.132. The van der Waals surface area contributed by atoms with Crippen LogP contribution in [-0.4, -0.2) is 72.7 Å². The Morgan fingerprint density at radius 3 is 1.72 bits per heavy atom. The van der Waals surface area contributed by atoms with Crippen LogP contribution in [0.5, 0.6) is 0 Å². The predicted molar refractivity (Wildman–Crippen MR) is 154 cm³/mol. The van der Waals surface area contributed by atoms with Gasteiger partial charge in [0.25, 0.3) is 0 Å². The third kappa shape index (κ3) is 10.5. The van der Waals surface area contributed by atoms with Gasteiger partial charge in [0.1, 0.15) is 12.2 Å². The maximum absolute atomic E-state index is 12.6. The summed E-state index contributed by atoms with van der Waals surface area (Å²) in [5.74, 6) is 6.25. The number of piperidine rings is 1. The molecule has 8 heteroatoms. The van der Waals surface area contributed by atoms with Crippen molar-refractivity contribution in [3.05, 3.63) is 0 Å². The van der Waals surface area contributed by atoms with Crippen LogP contribution in [0.1, 0.15) is 75.2 Å². The standard InChI is InChI=1S/C28H55NO5Si2/c1-25(2,3)34-24(30)29-18-16-28(17-19-29,23-33-36(12,13)27(7,8)9)22-31-20-14-15-21-32-35(10,11)26(4,5)6/h16-23H2,1-13H3. The van der Waals surface area contributed by atoms with Crippen LogP contribution >= 0.6 is 0 Å². The summed E-state index contributed by atoms with van der Waals surface area (Å²) in [6.45, 7) is 31.5. The first-order valence-corrected chi connectivity index (χ1v) is 19.2. The van der Waals surface area contributed by atoms with Crippen molar-refractivity contribution in [1.29, 1.82) is 0 Å². The maximum Gasteiger partial charge on any atom is 0.410 e. The summed E-state index contributed by atoms with van der Waals surface area (Å²) in [7, 11) is -3.69. The van der Waals surface area contributed by atoms with Crippen molar-refractivity contribution in [2.24, 2.45) is 5.41 Å². The Bertz CT molecular complexity index is 771. The molecule has 0 N–H and O–H groups in total. The summed E-state index contributed by atoms with van der Waals surface area (Å²) in [5, 5.41) is 0.317. The molecule has 36 heavy (non-hydrogen) atoms. The molecule has 0 radical (unpaired) electrons. The van der Waals surface area contributed by atoms with E-state index < -0.39 is 22.2 Å². The van der Waals surface area contributed by atoms with E-state index in [1.54, 1.807) is 0 Å². The summed E-state index contributed by atoms with van der Waals surface area (Å²) in [6.07, 6.45) is 1.40. The molecule has 210 valence electrons. The van der Waals surface area contributed by atoms with Gasteiger partial charge in [-0.3, -0.25) is 0 Å². The lowest BCUT2D eigenvalue weighted by Crippen LogP contribution is -2.51. The van der Waals surface area contributed by atoms with Crippen LogP contribution in [0.25, 0.3) is 0 Å². The third-order valence-corrected chi connectivity index (χ3v) is 17.0. The van der Waals surface area contributed by atoms with Crippen molar-refractivity contribution >= 4 is 22.7 Å². The molecule has 0 aromatic heterocycles. The fraction of sp³-hybridized carbons (Fsp3) is 0.893. The number of hydrogen-bond donors (Lipinski definition) is 0. The largest absolute Gasteiger partial charge is 0.444 e. The number of hydrogen-bond acceptors (Lipinski definition) is 5. The number of likely N-dealkylation sites (tertiary alicyclic amines) is 1. The van der Waals surface area contributed by atoms with E-state index in [-0.39, 0.29) is 21.6 Å². The zero-order valence-corrected chi connectivity index (χ0v) is 27.6. The zero-order chi connectivity index (χ0) is 28.1. The Balaban J connectivity index is 2.76. The van der Waals surface area contributed by atoms with Gasteiger partial charge in [-0.1, -0.05) is 53.4 Å². The lowest BCUT2D eigenvalue weighted by molar-refractivity contribution is -0.0310. The van der Waals surface area contributed by atoms with Crippen molar-refractivity contribution in [3.8, 4) is 11.8 Å². The van der Waals surface area contributed by atoms with Crippen molar-refractivity contribution in [3.63, 3.8) is 0 Å². The van der Waals surface area contributed by atoms with Crippen molar-refractivity contribution in [1.82, 2.24) is 4.90 Å². The molecule has 0 atom stereocenters. The number of ether oxygens (including phenoxy) is 2. The van der Waals surface area contributed by atoms with Gasteiger partial charge in [0.15, 0.2) is 16.6 Å². The van der Waals surface area contributed by atoms with E-state index in [9.17, 15) is 4.79 Å². The molecule has 0 bridgehead atoms. The highest BCUT2D eigenvalue weighted by atomic mass is 28.4. The van der Waals surface area contributed by atoms with Crippen LogP contribution in [0.2, 0.25) is 36.3 Å². The first kappa shape index (κ1) is 33.2. The Hall–Kier alpha value is -0.856.